The molecule has 0 radical (unpaired) electrons. The minimum Gasteiger partial charge on any atom is -0.481 e. The molecular weight excluding hydrogens is 250 g/mol. The van der Waals surface area contributed by atoms with Gasteiger partial charge in [0.15, 0.2) is 0 Å². The number of carboxylic acid groups (broad SMARTS) is 1. The summed E-state index contributed by atoms with van der Waals surface area (Å²) < 4.78 is 4.95. The Hall–Kier alpha value is -1.34. The van der Waals surface area contributed by atoms with Gasteiger partial charge in [-0.15, -0.1) is 0 Å². The quantitative estimate of drug-likeness (QED) is 0.556. The second kappa shape index (κ2) is 8.71. The van der Waals surface area contributed by atoms with Crippen LogP contribution in [0.2, 0.25) is 0 Å². The van der Waals surface area contributed by atoms with E-state index >= 15 is 0 Å². The fourth-order valence-corrected chi connectivity index (χ4v) is 1.49. The maximum atomic E-state index is 11.6. The number of ether oxygens (including phenoxy) is 1. The number of likely N-dealkylation sites (N-methyl/N-ethyl adjacent to an activating group) is 1. The molecule has 0 heterocycles. The Labute approximate surface area is 114 Å². The summed E-state index contributed by atoms with van der Waals surface area (Å²) in [5, 5.41) is 14.0. The lowest BCUT2D eigenvalue weighted by Crippen LogP contribution is -2.50. The number of carbonyl (C=O) groups is 2. The van der Waals surface area contributed by atoms with Crippen LogP contribution in [0.3, 0.4) is 0 Å². The van der Waals surface area contributed by atoms with Crippen molar-refractivity contribution in [2.24, 2.45) is 0 Å². The molecule has 0 aliphatic carbocycles. The highest BCUT2D eigenvalue weighted by Crippen LogP contribution is 2.07. The Morgan fingerprint density at radius 3 is 2.47 bits per heavy atom. The highest BCUT2D eigenvalue weighted by atomic mass is 16.5. The van der Waals surface area contributed by atoms with Crippen molar-refractivity contribution in [3.8, 4) is 0 Å². The Kier molecular flexibility index (Phi) is 8.09. The zero-order chi connectivity index (χ0) is 14.9. The van der Waals surface area contributed by atoms with Crippen molar-refractivity contribution in [2.45, 2.75) is 25.8 Å². The molecule has 0 rings (SSSR count). The molecule has 0 spiro atoms. The standard InChI is InChI=1S/C12H25N3O4/c1-12(2,9-10(16)17)14-11(18)13-5-6-15(3)7-8-19-4/h5-9H2,1-4H3,(H,16,17)(H2,13,14,18). The van der Waals surface area contributed by atoms with Crippen LogP contribution in [0.1, 0.15) is 20.3 Å². The fraction of sp³-hybridized carbons (Fsp3) is 0.833. The van der Waals surface area contributed by atoms with E-state index in [-0.39, 0.29) is 12.5 Å². The number of urea groups is 1. The molecule has 0 bridgehead atoms. The molecule has 0 unspecified atom stereocenters. The van der Waals surface area contributed by atoms with Crippen molar-refractivity contribution in [1.82, 2.24) is 15.5 Å². The Balaban J connectivity index is 3.83. The fourth-order valence-electron chi connectivity index (χ4n) is 1.49. The molecule has 0 saturated carbocycles. The molecule has 0 aliphatic rings. The third-order valence-electron chi connectivity index (χ3n) is 2.50. The van der Waals surface area contributed by atoms with Gasteiger partial charge in [0, 0.05) is 32.3 Å². The van der Waals surface area contributed by atoms with E-state index < -0.39 is 11.5 Å². The summed E-state index contributed by atoms with van der Waals surface area (Å²) in [7, 11) is 3.58. The Morgan fingerprint density at radius 2 is 1.95 bits per heavy atom. The highest BCUT2D eigenvalue weighted by molar-refractivity contribution is 5.76. The van der Waals surface area contributed by atoms with Gasteiger partial charge in [0.2, 0.25) is 0 Å². The van der Waals surface area contributed by atoms with Gasteiger partial charge in [-0.2, -0.15) is 0 Å². The first-order valence-corrected chi connectivity index (χ1v) is 6.22. The van der Waals surface area contributed by atoms with Gasteiger partial charge >= 0.3 is 12.0 Å². The van der Waals surface area contributed by atoms with Crippen LogP contribution >= 0.6 is 0 Å². The molecule has 0 aromatic rings. The smallest absolute Gasteiger partial charge is 0.315 e. The van der Waals surface area contributed by atoms with Gasteiger partial charge < -0.3 is 25.4 Å². The number of methoxy groups -OCH3 is 1. The first kappa shape index (κ1) is 17.7. The van der Waals surface area contributed by atoms with Crippen LogP contribution in [0.4, 0.5) is 4.79 Å². The van der Waals surface area contributed by atoms with E-state index in [0.29, 0.717) is 19.7 Å². The molecule has 7 heteroatoms. The van der Waals surface area contributed by atoms with Crippen LogP contribution in [-0.4, -0.2) is 67.9 Å². The van der Waals surface area contributed by atoms with E-state index in [0.717, 1.165) is 6.54 Å². The van der Waals surface area contributed by atoms with E-state index in [2.05, 4.69) is 10.6 Å². The third kappa shape index (κ3) is 10.3. The summed E-state index contributed by atoms with van der Waals surface area (Å²) in [5.74, 6) is -0.940. The molecule has 0 aliphatic heterocycles. The SMILES string of the molecule is COCCN(C)CCNC(=O)NC(C)(C)CC(=O)O. The zero-order valence-electron chi connectivity index (χ0n) is 12.2. The second-order valence-electron chi connectivity index (χ2n) is 5.13. The van der Waals surface area contributed by atoms with Crippen molar-refractivity contribution >= 4 is 12.0 Å². The van der Waals surface area contributed by atoms with Gasteiger partial charge in [-0.05, 0) is 20.9 Å². The first-order valence-electron chi connectivity index (χ1n) is 6.22. The van der Waals surface area contributed by atoms with Gasteiger partial charge in [0.25, 0.3) is 0 Å². The largest absolute Gasteiger partial charge is 0.481 e. The average molecular weight is 275 g/mol. The van der Waals surface area contributed by atoms with Crippen molar-refractivity contribution in [2.75, 3.05) is 40.4 Å². The molecule has 0 fully saturated rings. The summed E-state index contributed by atoms with van der Waals surface area (Å²) in [6.45, 7) is 5.99. The summed E-state index contributed by atoms with van der Waals surface area (Å²) in [6.07, 6.45) is -0.117. The normalized spacial score (nSPS) is 11.4. The van der Waals surface area contributed by atoms with Gasteiger partial charge in [0.1, 0.15) is 0 Å². The zero-order valence-corrected chi connectivity index (χ0v) is 12.2. The third-order valence-corrected chi connectivity index (χ3v) is 2.50. The van der Waals surface area contributed by atoms with E-state index in [9.17, 15) is 9.59 Å². The van der Waals surface area contributed by atoms with Crippen molar-refractivity contribution in [3.63, 3.8) is 0 Å². The Bertz CT molecular complexity index is 295. The van der Waals surface area contributed by atoms with Crippen molar-refractivity contribution < 1.29 is 19.4 Å². The monoisotopic (exact) mass is 275 g/mol. The molecule has 7 nitrogen and oxygen atoms in total. The summed E-state index contributed by atoms with van der Waals surface area (Å²) in [4.78, 5) is 24.2. The number of aliphatic carboxylic acids is 1. The van der Waals surface area contributed by atoms with Gasteiger partial charge in [-0.3, -0.25) is 4.79 Å². The lowest BCUT2D eigenvalue weighted by molar-refractivity contribution is -0.138. The predicted octanol–water partition coefficient (Wildman–Crippen LogP) is 0.117. The number of nitrogens with zero attached hydrogens (tertiary/aromatic N) is 1. The second-order valence-corrected chi connectivity index (χ2v) is 5.13. The topological polar surface area (TPSA) is 90.9 Å². The van der Waals surface area contributed by atoms with Crippen molar-refractivity contribution in [1.29, 1.82) is 0 Å². The molecule has 3 N–H and O–H groups in total. The number of carboxylic acids is 1. The number of rotatable bonds is 9. The molecular formula is C12H25N3O4. The molecule has 2 amide bonds. The average Bonchev–Trinajstić information content (AvgIpc) is 2.23. The van der Waals surface area contributed by atoms with Crippen LogP contribution in [0.5, 0.6) is 0 Å². The number of nitrogens with one attached hydrogen (secondary N) is 2. The minimum absolute atomic E-state index is 0.117. The van der Waals surface area contributed by atoms with E-state index in [1.54, 1.807) is 21.0 Å². The lowest BCUT2D eigenvalue weighted by atomic mass is 10.0. The minimum atomic E-state index is -0.940. The van der Waals surface area contributed by atoms with Gasteiger partial charge in [-0.1, -0.05) is 0 Å². The molecule has 0 atom stereocenters. The van der Waals surface area contributed by atoms with Gasteiger partial charge in [0.05, 0.1) is 13.0 Å². The van der Waals surface area contributed by atoms with Crippen LogP contribution in [-0.2, 0) is 9.53 Å². The number of hydrogen-bond donors (Lipinski definition) is 3. The first-order chi connectivity index (χ1) is 8.76. The van der Waals surface area contributed by atoms with Crippen LogP contribution in [0.15, 0.2) is 0 Å². The number of carbonyl (C=O) groups excluding carboxylic acids is 1. The molecule has 19 heavy (non-hydrogen) atoms. The van der Waals surface area contributed by atoms with Crippen LogP contribution in [0, 0.1) is 0 Å². The maximum absolute atomic E-state index is 11.6. The molecule has 0 aromatic heterocycles. The van der Waals surface area contributed by atoms with Crippen molar-refractivity contribution in [3.05, 3.63) is 0 Å². The molecule has 112 valence electrons. The molecule has 0 aromatic carbocycles. The molecule has 0 saturated heterocycles. The highest BCUT2D eigenvalue weighted by Gasteiger charge is 2.23. The van der Waals surface area contributed by atoms with E-state index in [1.807, 2.05) is 11.9 Å². The van der Waals surface area contributed by atoms with Gasteiger partial charge in [-0.25, -0.2) is 4.79 Å². The predicted molar refractivity (Wildman–Crippen MR) is 72.2 cm³/mol. The Morgan fingerprint density at radius 1 is 1.32 bits per heavy atom. The summed E-state index contributed by atoms with van der Waals surface area (Å²) in [6, 6.07) is -0.355. The van der Waals surface area contributed by atoms with E-state index in [1.165, 1.54) is 0 Å². The van der Waals surface area contributed by atoms with E-state index in [4.69, 9.17) is 9.84 Å². The summed E-state index contributed by atoms with van der Waals surface area (Å²) >= 11 is 0. The lowest BCUT2D eigenvalue weighted by Gasteiger charge is -2.24. The maximum Gasteiger partial charge on any atom is 0.315 e. The number of hydrogen-bond acceptors (Lipinski definition) is 4. The number of amides is 2. The van der Waals surface area contributed by atoms with Crippen LogP contribution in [0.25, 0.3) is 0 Å². The van der Waals surface area contributed by atoms with Crippen LogP contribution < -0.4 is 10.6 Å². The summed E-state index contributed by atoms with van der Waals surface area (Å²) in [5.41, 5.74) is -0.766.